The lowest BCUT2D eigenvalue weighted by atomic mass is 9.78. The SMILES string of the molecule is CCCCCCCCCCCCC1(O)CC2COCC(C1)N2C(=O)OCc1ccccc1. The van der Waals surface area contributed by atoms with Crippen LogP contribution in [0.5, 0.6) is 0 Å². The monoisotopic (exact) mass is 445 g/mol. The number of fused-ring (bicyclic) bond motifs is 2. The summed E-state index contributed by atoms with van der Waals surface area (Å²) in [7, 11) is 0. The van der Waals surface area contributed by atoms with Crippen molar-refractivity contribution in [1.29, 1.82) is 0 Å². The molecular formula is C27H43NO4. The molecule has 3 rings (SSSR count). The van der Waals surface area contributed by atoms with Crippen molar-refractivity contribution in [2.24, 2.45) is 0 Å². The van der Waals surface area contributed by atoms with Gasteiger partial charge in [-0.3, -0.25) is 4.90 Å². The highest BCUT2D eigenvalue weighted by molar-refractivity contribution is 5.69. The Hall–Kier alpha value is -1.59. The smallest absolute Gasteiger partial charge is 0.410 e. The zero-order valence-corrected chi connectivity index (χ0v) is 20.0. The number of hydrogen-bond acceptors (Lipinski definition) is 4. The highest BCUT2D eigenvalue weighted by Crippen LogP contribution is 2.38. The molecule has 0 spiro atoms. The molecule has 2 saturated heterocycles. The van der Waals surface area contributed by atoms with Gasteiger partial charge in [-0.2, -0.15) is 0 Å². The Morgan fingerprint density at radius 1 is 0.969 bits per heavy atom. The Bertz CT molecular complexity index is 651. The standard InChI is InChI=1S/C27H43NO4/c1-2-3-4-5-6-7-8-9-10-14-17-27(30)18-24-21-31-22-25(19-27)28(24)26(29)32-20-23-15-12-11-13-16-23/h11-13,15-16,24-25,30H,2-10,14,17-22H2,1H3. The van der Waals surface area contributed by atoms with Gasteiger partial charge in [0.15, 0.2) is 0 Å². The molecule has 2 aliphatic heterocycles. The lowest BCUT2D eigenvalue weighted by molar-refractivity contribution is -0.136. The van der Waals surface area contributed by atoms with Crippen LogP contribution in [0.25, 0.3) is 0 Å². The third kappa shape index (κ3) is 7.77. The minimum atomic E-state index is -0.685. The number of amides is 1. The summed E-state index contributed by atoms with van der Waals surface area (Å²) in [5, 5.41) is 11.3. The first-order valence-corrected chi connectivity index (χ1v) is 12.9. The van der Waals surface area contributed by atoms with Crippen LogP contribution in [0.4, 0.5) is 4.79 Å². The lowest BCUT2D eigenvalue weighted by Crippen LogP contribution is -2.63. The van der Waals surface area contributed by atoms with Gasteiger partial charge < -0.3 is 14.6 Å². The number of aliphatic hydroxyl groups is 1. The van der Waals surface area contributed by atoms with Crippen LogP contribution in [0.15, 0.2) is 30.3 Å². The number of nitrogens with zero attached hydrogens (tertiary/aromatic N) is 1. The summed E-state index contributed by atoms with van der Waals surface area (Å²) in [6.45, 7) is 3.50. The van der Waals surface area contributed by atoms with Crippen LogP contribution in [0.2, 0.25) is 0 Å². The molecule has 5 nitrogen and oxygen atoms in total. The fourth-order valence-corrected chi connectivity index (χ4v) is 5.31. The number of benzene rings is 1. The van der Waals surface area contributed by atoms with Crippen molar-refractivity contribution in [1.82, 2.24) is 4.90 Å². The molecule has 0 saturated carbocycles. The summed E-state index contributed by atoms with van der Waals surface area (Å²) < 4.78 is 11.3. The largest absolute Gasteiger partial charge is 0.445 e. The van der Waals surface area contributed by atoms with Crippen LogP contribution in [0, 0.1) is 0 Å². The van der Waals surface area contributed by atoms with E-state index in [-0.39, 0.29) is 24.8 Å². The Morgan fingerprint density at radius 2 is 1.53 bits per heavy atom. The second-order valence-corrected chi connectivity index (χ2v) is 9.86. The van der Waals surface area contributed by atoms with Gasteiger partial charge >= 0.3 is 6.09 Å². The molecule has 2 heterocycles. The Balaban J connectivity index is 1.36. The molecule has 5 heteroatoms. The van der Waals surface area contributed by atoms with E-state index in [4.69, 9.17) is 9.47 Å². The van der Waals surface area contributed by atoms with Crippen molar-refractivity contribution in [2.75, 3.05) is 13.2 Å². The van der Waals surface area contributed by atoms with Crippen LogP contribution in [0.1, 0.15) is 96.0 Å². The van der Waals surface area contributed by atoms with Crippen LogP contribution in [0.3, 0.4) is 0 Å². The first kappa shape index (κ1) is 25.0. The first-order chi connectivity index (χ1) is 15.6. The molecular weight excluding hydrogens is 402 g/mol. The van der Waals surface area contributed by atoms with Crippen LogP contribution in [-0.4, -0.2) is 47.0 Å². The second kappa shape index (κ2) is 13.2. The van der Waals surface area contributed by atoms with Gasteiger partial charge in [0.25, 0.3) is 0 Å². The number of piperidine rings is 1. The Kier molecular flexibility index (Phi) is 10.3. The number of hydrogen-bond donors (Lipinski definition) is 1. The first-order valence-electron chi connectivity index (χ1n) is 12.9. The summed E-state index contributed by atoms with van der Waals surface area (Å²) in [6, 6.07) is 9.56. The average Bonchev–Trinajstić information content (AvgIpc) is 2.79. The van der Waals surface area contributed by atoms with Crippen LogP contribution in [-0.2, 0) is 16.1 Å². The zero-order valence-electron chi connectivity index (χ0n) is 20.0. The third-order valence-electron chi connectivity index (χ3n) is 7.05. The summed E-state index contributed by atoms with van der Waals surface area (Å²) in [4.78, 5) is 14.6. The number of ether oxygens (including phenoxy) is 2. The quantitative estimate of drug-likeness (QED) is 0.366. The molecule has 1 aromatic carbocycles. The minimum absolute atomic E-state index is 0.0982. The van der Waals surface area contributed by atoms with E-state index in [0.717, 1.165) is 18.4 Å². The van der Waals surface area contributed by atoms with Gasteiger partial charge in [-0.05, 0) is 24.8 Å². The topological polar surface area (TPSA) is 59.0 Å². The van der Waals surface area contributed by atoms with Crippen molar-refractivity contribution < 1.29 is 19.4 Å². The van der Waals surface area contributed by atoms with E-state index in [2.05, 4.69) is 6.92 Å². The minimum Gasteiger partial charge on any atom is -0.445 e. The number of carbonyl (C=O) groups excluding carboxylic acids is 1. The molecule has 1 aromatic rings. The van der Waals surface area contributed by atoms with Gasteiger partial charge in [-0.15, -0.1) is 0 Å². The van der Waals surface area contributed by atoms with Gasteiger partial charge in [-0.25, -0.2) is 4.79 Å². The molecule has 0 aliphatic carbocycles. The number of rotatable bonds is 13. The maximum atomic E-state index is 12.8. The van der Waals surface area contributed by atoms with Crippen molar-refractivity contribution in [3.63, 3.8) is 0 Å². The molecule has 2 atom stereocenters. The van der Waals surface area contributed by atoms with Gasteiger partial charge in [-0.1, -0.05) is 101 Å². The summed E-state index contributed by atoms with van der Waals surface area (Å²) >= 11 is 0. The molecule has 2 bridgehead atoms. The predicted molar refractivity (Wildman–Crippen MR) is 128 cm³/mol. The molecule has 180 valence electrons. The van der Waals surface area contributed by atoms with Crippen molar-refractivity contribution in [2.45, 2.75) is 115 Å². The number of unbranched alkanes of at least 4 members (excludes halogenated alkanes) is 9. The predicted octanol–water partition coefficient (Wildman–Crippen LogP) is 6.23. The maximum absolute atomic E-state index is 12.8. The van der Waals surface area contributed by atoms with Crippen molar-refractivity contribution >= 4 is 6.09 Å². The van der Waals surface area contributed by atoms with Crippen molar-refractivity contribution in [3.8, 4) is 0 Å². The molecule has 2 fully saturated rings. The van der Waals surface area contributed by atoms with E-state index in [9.17, 15) is 9.90 Å². The Morgan fingerprint density at radius 3 is 2.12 bits per heavy atom. The highest BCUT2D eigenvalue weighted by atomic mass is 16.6. The molecule has 1 amide bonds. The molecule has 1 N–H and O–H groups in total. The average molecular weight is 446 g/mol. The van der Waals surface area contributed by atoms with E-state index < -0.39 is 5.60 Å². The fraction of sp³-hybridized carbons (Fsp3) is 0.741. The van der Waals surface area contributed by atoms with Gasteiger partial charge in [0, 0.05) is 0 Å². The zero-order chi connectivity index (χ0) is 22.7. The van der Waals surface area contributed by atoms with E-state index in [1.54, 1.807) is 0 Å². The van der Waals surface area contributed by atoms with Crippen LogP contribution < -0.4 is 0 Å². The van der Waals surface area contributed by atoms with Gasteiger partial charge in [0.1, 0.15) is 6.61 Å². The molecule has 2 aliphatic rings. The summed E-state index contributed by atoms with van der Waals surface area (Å²) in [6.07, 6.45) is 14.7. The van der Waals surface area contributed by atoms with E-state index in [1.165, 1.54) is 57.8 Å². The fourth-order valence-electron chi connectivity index (χ4n) is 5.31. The van der Waals surface area contributed by atoms with E-state index >= 15 is 0 Å². The number of carbonyl (C=O) groups is 1. The van der Waals surface area contributed by atoms with E-state index in [1.807, 2.05) is 35.2 Å². The normalized spacial score (nSPS) is 25.0. The third-order valence-corrected chi connectivity index (χ3v) is 7.05. The van der Waals surface area contributed by atoms with Crippen molar-refractivity contribution in [3.05, 3.63) is 35.9 Å². The van der Waals surface area contributed by atoms with Crippen LogP contribution >= 0.6 is 0 Å². The lowest BCUT2D eigenvalue weighted by Gasteiger charge is -2.51. The molecule has 32 heavy (non-hydrogen) atoms. The maximum Gasteiger partial charge on any atom is 0.410 e. The second-order valence-electron chi connectivity index (χ2n) is 9.86. The summed E-state index contributed by atoms with van der Waals surface area (Å²) in [5.74, 6) is 0. The van der Waals surface area contributed by atoms with E-state index in [0.29, 0.717) is 26.1 Å². The van der Waals surface area contributed by atoms with Gasteiger partial charge in [0.2, 0.25) is 0 Å². The molecule has 0 aromatic heterocycles. The number of morpholine rings is 1. The molecule has 2 unspecified atom stereocenters. The van der Waals surface area contributed by atoms with Gasteiger partial charge in [0.05, 0.1) is 30.9 Å². The Labute approximate surface area is 194 Å². The highest BCUT2D eigenvalue weighted by Gasteiger charge is 2.48. The summed E-state index contributed by atoms with van der Waals surface area (Å²) in [5.41, 5.74) is 0.298. The molecule has 0 radical (unpaired) electrons.